The highest BCUT2D eigenvalue weighted by Crippen LogP contribution is 2.25. The van der Waals surface area contributed by atoms with E-state index in [1.165, 1.54) is 10.9 Å². The normalized spacial score (nSPS) is 16.7. The first-order valence-corrected chi connectivity index (χ1v) is 10.4. The van der Waals surface area contributed by atoms with Gasteiger partial charge in [-0.2, -0.15) is 0 Å². The molecule has 0 aliphatic carbocycles. The summed E-state index contributed by atoms with van der Waals surface area (Å²) < 4.78 is 5.68. The summed E-state index contributed by atoms with van der Waals surface area (Å²) in [6.45, 7) is 4.99. The predicted octanol–water partition coefficient (Wildman–Crippen LogP) is 6.78. The fraction of sp³-hybridized carbons (Fsp3) is 0.240. The Morgan fingerprint density at radius 1 is 1.17 bits per heavy atom. The van der Waals surface area contributed by atoms with Gasteiger partial charge in [0.05, 0.1) is 6.26 Å². The standard InChI is InChI=1S/C25H25ClN2O/c1-3-18-11-13-29-25(14-18)20-6-4-19(5-7-20)17(2)27-12-10-21-16-28-24-9-8-22(26)15-23(21)24/h4-9,11,13-16,18,28H,3,10,12H2,1-2H3. The van der Waals surface area contributed by atoms with E-state index in [0.717, 1.165) is 52.5 Å². The fourth-order valence-corrected chi connectivity index (χ4v) is 3.76. The molecule has 3 nitrogen and oxygen atoms in total. The number of halogens is 1. The van der Waals surface area contributed by atoms with Crippen LogP contribution in [0.3, 0.4) is 0 Å². The van der Waals surface area contributed by atoms with Crippen LogP contribution in [0.5, 0.6) is 0 Å². The average molecular weight is 405 g/mol. The largest absolute Gasteiger partial charge is 0.465 e. The number of aromatic amines is 1. The number of benzene rings is 2. The van der Waals surface area contributed by atoms with E-state index in [0.29, 0.717) is 5.92 Å². The quantitative estimate of drug-likeness (QED) is 0.451. The van der Waals surface area contributed by atoms with Gasteiger partial charge in [-0.05, 0) is 61.2 Å². The molecule has 148 valence electrons. The Labute approximate surface area is 176 Å². The van der Waals surface area contributed by atoms with Crippen LogP contribution < -0.4 is 0 Å². The highest BCUT2D eigenvalue weighted by molar-refractivity contribution is 6.31. The number of aliphatic imine (C=N–C) groups is 1. The molecule has 4 heteroatoms. The number of rotatable bonds is 6. The lowest BCUT2D eigenvalue weighted by Gasteiger charge is -2.15. The summed E-state index contributed by atoms with van der Waals surface area (Å²) in [7, 11) is 0. The van der Waals surface area contributed by atoms with Crippen molar-refractivity contribution in [2.45, 2.75) is 26.7 Å². The van der Waals surface area contributed by atoms with Crippen LogP contribution in [0, 0.1) is 5.92 Å². The molecule has 1 unspecified atom stereocenters. The second-order valence-corrected chi connectivity index (χ2v) is 7.78. The number of hydrogen-bond donors (Lipinski definition) is 1. The average Bonchev–Trinajstić information content (AvgIpc) is 3.16. The molecule has 3 aromatic rings. The zero-order valence-electron chi connectivity index (χ0n) is 16.8. The minimum Gasteiger partial charge on any atom is -0.465 e. The minimum atomic E-state index is 0.445. The number of hydrogen-bond acceptors (Lipinski definition) is 2. The van der Waals surface area contributed by atoms with Gasteiger partial charge in [-0.1, -0.05) is 42.8 Å². The van der Waals surface area contributed by atoms with Gasteiger partial charge in [0.1, 0.15) is 5.76 Å². The van der Waals surface area contributed by atoms with Crippen molar-refractivity contribution in [2.24, 2.45) is 10.9 Å². The number of nitrogens with one attached hydrogen (secondary N) is 1. The lowest BCUT2D eigenvalue weighted by molar-refractivity contribution is 0.416. The maximum atomic E-state index is 6.14. The minimum absolute atomic E-state index is 0.445. The zero-order valence-corrected chi connectivity index (χ0v) is 17.5. The lowest BCUT2D eigenvalue weighted by Crippen LogP contribution is -2.01. The van der Waals surface area contributed by atoms with E-state index in [4.69, 9.17) is 21.3 Å². The summed E-state index contributed by atoms with van der Waals surface area (Å²) in [6, 6.07) is 14.4. The monoisotopic (exact) mass is 404 g/mol. The summed E-state index contributed by atoms with van der Waals surface area (Å²) in [6.07, 6.45) is 10.1. The fourth-order valence-electron chi connectivity index (χ4n) is 3.59. The molecule has 1 aliphatic heterocycles. The zero-order chi connectivity index (χ0) is 20.2. The molecule has 0 saturated heterocycles. The van der Waals surface area contributed by atoms with Crippen molar-refractivity contribution < 1.29 is 4.74 Å². The predicted molar refractivity (Wildman–Crippen MR) is 123 cm³/mol. The molecule has 0 saturated carbocycles. The molecule has 1 aliphatic rings. The third kappa shape index (κ3) is 4.46. The number of H-pyrrole nitrogens is 1. The number of ether oxygens (including phenoxy) is 1. The van der Waals surface area contributed by atoms with Crippen LogP contribution in [0.2, 0.25) is 5.02 Å². The summed E-state index contributed by atoms with van der Waals surface area (Å²) in [5.74, 6) is 1.37. The van der Waals surface area contributed by atoms with Gasteiger partial charge in [0.25, 0.3) is 0 Å². The Morgan fingerprint density at radius 3 is 2.79 bits per heavy atom. The van der Waals surface area contributed by atoms with Crippen LogP contribution in [0.1, 0.15) is 37.0 Å². The van der Waals surface area contributed by atoms with E-state index in [2.05, 4.69) is 61.4 Å². The van der Waals surface area contributed by atoms with Gasteiger partial charge in [-0.15, -0.1) is 0 Å². The molecule has 1 aromatic heterocycles. The highest BCUT2D eigenvalue weighted by Gasteiger charge is 2.10. The SMILES string of the molecule is CCC1C=COC(c2ccc(C(C)=NCCc3c[nH]c4ccc(Cl)cc34)cc2)=C1. The lowest BCUT2D eigenvalue weighted by atomic mass is 10.0. The Hall–Kier alpha value is -2.78. The molecular weight excluding hydrogens is 380 g/mol. The first kappa shape index (κ1) is 19.5. The summed E-state index contributed by atoms with van der Waals surface area (Å²) >= 11 is 6.14. The van der Waals surface area contributed by atoms with Gasteiger partial charge in [-0.25, -0.2) is 0 Å². The number of fused-ring (bicyclic) bond motifs is 1. The maximum Gasteiger partial charge on any atom is 0.130 e. The van der Waals surface area contributed by atoms with Crippen molar-refractivity contribution in [1.29, 1.82) is 0 Å². The molecule has 2 aromatic carbocycles. The van der Waals surface area contributed by atoms with E-state index in [-0.39, 0.29) is 0 Å². The Kier molecular flexibility index (Phi) is 5.86. The van der Waals surface area contributed by atoms with E-state index < -0.39 is 0 Å². The third-order valence-corrected chi connectivity index (χ3v) is 5.64. The van der Waals surface area contributed by atoms with Crippen molar-refractivity contribution in [3.8, 4) is 0 Å². The Morgan fingerprint density at radius 2 is 2.00 bits per heavy atom. The third-order valence-electron chi connectivity index (χ3n) is 5.40. The first-order chi connectivity index (χ1) is 14.1. The molecule has 1 atom stereocenters. The molecule has 0 spiro atoms. The molecule has 0 amide bonds. The molecule has 0 fully saturated rings. The van der Waals surface area contributed by atoms with Crippen LogP contribution in [-0.2, 0) is 11.2 Å². The first-order valence-electron chi connectivity index (χ1n) is 10.1. The van der Waals surface area contributed by atoms with Gasteiger partial charge in [0, 0.05) is 45.9 Å². The maximum absolute atomic E-state index is 6.14. The number of aromatic nitrogens is 1. The highest BCUT2D eigenvalue weighted by atomic mass is 35.5. The molecule has 0 bridgehead atoms. The smallest absolute Gasteiger partial charge is 0.130 e. The van der Waals surface area contributed by atoms with Gasteiger partial charge in [-0.3, -0.25) is 4.99 Å². The van der Waals surface area contributed by atoms with Crippen molar-refractivity contribution in [1.82, 2.24) is 4.98 Å². The molecule has 1 N–H and O–H groups in total. The van der Waals surface area contributed by atoms with Crippen molar-refractivity contribution in [3.63, 3.8) is 0 Å². The second-order valence-electron chi connectivity index (χ2n) is 7.35. The van der Waals surface area contributed by atoms with Crippen molar-refractivity contribution in [3.05, 3.63) is 88.8 Å². The summed E-state index contributed by atoms with van der Waals surface area (Å²) in [5, 5.41) is 1.94. The summed E-state index contributed by atoms with van der Waals surface area (Å²) in [5.41, 5.74) is 5.63. The Bertz CT molecular complexity index is 1090. The number of allylic oxidation sites excluding steroid dienone is 2. The van der Waals surface area contributed by atoms with Crippen LogP contribution in [0.15, 0.2) is 72.1 Å². The van der Waals surface area contributed by atoms with Crippen molar-refractivity contribution >= 4 is 34.0 Å². The van der Waals surface area contributed by atoms with E-state index in [1.54, 1.807) is 6.26 Å². The van der Waals surface area contributed by atoms with E-state index >= 15 is 0 Å². The van der Waals surface area contributed by atoms with Gasteiger partial charge >= 0.3 is 0 Å². The molecule has 29 heavy (non-hydrogen) atoms. The van der Waals surface area contributed by atoms with Gasteiger partial charge in [0.2, 0.25) is 0 Å². The molecule has 2 heterocycles. The van der Waals surface area contributed by atoms with Gasteiger partial charge < -0.3 is 9.72 Å². The van der Waals surface area contributed by atoms with Crippen LogP contribution in [0.4, 0.5) is 0 Å². The second kappa shape index (κ2) is 8.71. The molecular formula is C25H25ClN2O. The Balaban J connectivity index is 1.42. The van der Waals surface area contributed by atoms with Crippen LogP contribution in [0.25, 0.3) is 16.7 Å². The van der Waals surface area contributed by atoms with Crippen LogP contribution >= 0.6 is 11.6 Å². The number of nitrogens with zero attached hydrogens (tertiary/aromatic N) is 1. The van der Waals surface area contributed by atoms with Gasteiger partial charge in [0.15, 0.2) is 0 Å². The van der Waals surface area contributed by atoms with E-state index in [9.17, 15) is 0 Å². The summed E-state index contributed by atoms with van der Waals surface area (Å²) in [4.78, 5) is 8.08. The van der Waals surface area contributed by atoms with Crippen molar-refractivity contribution in [2.75, 3.05) is 6.54 Å². The van der Waals surface area contributed by atoms with E-state index in [1.807, 2.05) is 18.2 Å². The molecule has 0 radical (unpaired) electrons. The van der Waals surface area contributed by atoms with Crippen LogP contribution in [-0.4, -0.2) is 17.2 Å². The topological polar surface area (TPSA) is 37.4 Å². The molecule has 4 rings (SSSR count).